The molecule has 7 heteroatoms. The Morgan fingerprint density at radius 2 is 1.68 bits per heavy atom. The number of pyridine rings is 1. The van der Waals surface area contributed by atoms with Gasteiger partial charge in [-0.2, -0.15) is 4.98 Å². The summed E-state index contributed by atoms with van der Waals surface area (Å²) < 4.78 is 1.75. The summed E-state index contributed by atoms with van der Waals surface area (Å²) in [4.78, 5) is 26.7. The van der Waals surface area contributed by atoms with Crippen LogP contribution in [-0.4, -0.2) is 52.7 Å². The molecule has 0 aliphatic carbocycles. The monoisotopic (exact) mass is 454 g/mol. The van der Waals surface area contributed by atoms with Crippen molar-refractivity contribution in [1.82, 2.24) is 19.4 Å². The highest BCUT2D eigenvalue weighted by molar-refractivity contribution is 5.75. The molecular weight excluding hydrogens is 424 g/mol. The van der Waals surface area contributed by atoms with Crippen molar-refractivity contribution in [3.63, 3.8) is 0 Å². The Morgan fingerprint density at radius 1 is 0.941 bits per heavy atom. The van der Waals surface area contributed by atoms with Crippen molar-refractivity contribution in [3.8, 4) is 0 Å². The van der Waals surface area contributed by atoms with Crippen molar-refractivity contribution < 1.29 is 0 Å². The number of nitrogens with zero attached hydrogens (tertiary/aromatic N) is 5. The second-order valence-electron chi connectivity index (χ2n) is 9.03. The number of hydrogen-bond acceptors (Lipinski definition) is 6. The van der Waals surface area contributed by atoms with Gasteiger partial charge in [0.2, 0.25) is 5.95 Å². The maximum atomic E-state index is 12.8. The normalized spacial score (nSPS) is 15.4. The third kappa shape index (κ3) is 4.79. The highest BCUT2D eigenvalue weighted by Gasteiger charge is 2.15. The zero-order chi connectivity index (χ0) is 23.5. The molecule has 1 saturated heterocycles. The van der Waals surface area contributed by atoms with E-state index in [1.807, 2.05) is 18.2 Å². The Kier molecular flexibility index (Phi) is 6.27. The van der Waals surface area contributed by atoms with Crippen molar-refractivity contribution in [1.29, 1.82) is 0 Å². The number of anilines is 3. The van der Waals surface area contributed by atoms with E-state index in [0.717, 1.165) is 37.3 Å². The zero-order valence-corrected chi connectivity index (χ0v) is 19.7. The van der Waals surface area contributed by atoms with Crippen LogP contribution in [0.5, 0.6) is 0 Å². The minimum Gasteiger partial charge on any atom is -0.369 e. The molecule has 0 radical (unpaired) electrons. The SMILES string of the molecule is CC(Cn1c(=O)ccc2cnc(Nc3ccc(N4CCN(C)CC4)cc3)nc21)c1ccccc1. The van der Waals surface area contributed by atoms with Gasteiger partial charge in [0.25, 0.3) is 5.56 Å². The van der Waals surface area contributed by atoms with Crippen LogP contribution in [0.2, 0.25) is 0 Å². The van der Waals surface area contributed by atoms with Crippen LogP contribution in [0.3, 0.4) is 0 Å². The average molecular weight is 455 g/mol. The van der Waals surface area contributed by atoms with Crippen LogP contribution < -0.4 is 15.8 Å². The van der Waals surface area contributed by atoms with Gasteiger partial charge in [0.05, 0.1) is 0 Å². The van der Waals surface area contributed by atoms with Gasteiger partial charge in [-0.15, -0.1) is 0 Å². The van der Waals surface area contributed by atoms with Crippen LogP contribution >= 0.6 is 0 Å². The highest BCUT2D eigenvalue weighted by Crippen LogP contribution is 2.23. The van der Waals surface area contributed by atoms with Crippen LogP contribution in [0.25, 0.3) is 11.0 Å². The fraction of sp³-hybridized carbons (Fsp3) is 0.296. The molecule has 7 nitrogen and oxygen atoms in total. The number of rotatable bonds is 6. The van der Waals surface area contributed by atoms with Crippen LogP contribution in [0.1, 0.15) is 18.4 Å². The first-order valence-electron chi connectivity index (χ1n) is 11.8. The first-order chi connectivity index (χ1) is 16.6. The highest BCUT2D eigenvalue weighted by atomic mass is 16.1. The molecule has 2 aromatic carbocycles. The Morgan fingerprint density at radius 3 is 2.41 bits per heavy atom. The van der Waals surface area contributed by atoms with Crippen molar-refractivity contribution in [3.05, 3.63) is 88.8 Å². The lowest BCUT2D eigenvalue weighted by Crippen LogP contribution is -2.44. The molecule has 1 fully saturated rings. The Bertz CT molecular complexity index is 1310. The minimum absolute atomic E-state index is 0.0588. The van der Waals surface area contributed by atoms with Crippen LogP contribution in [-0.2, 0) is 6.54 Å². The van der Waals surface area contributed by atoms with Gasteiger partial charge in [-0.1, -0.05) is 37.3 Å². The van der Waals surface area contributed by atoms with Crippen molar-refractivity contribution in [2.24, 2.45) is 0 Å². The summed E-state index contributed by atoms with van der Waals surface area (Å²) in [6, 6.07) is 22.0. The topological polar surface area (TPSA) is 66.3 Å². The number of hydrogen-bond donors (Lipinski definition) is 1. The van der Waals surface area contributed by atoms with Crippen molar-refractivity contribution >= 4 is 28.4 Å². The predicted octanol–water partition coefficient (Wildman–Crippen LogP) is 4.09. The second-order valence-corrected chi connectivity index (χ2v) is 9.03. The lowest BCUT2D eigenvalue weighted by Gasteiger charge is -2.34. The van der Waals surface area contributed by atoms with E-state index in [1.165, 1.54) is 11.3 Å². The van der Waals surface area contributed by atoms with E-state index in [-0.39, 0.29) is 11.5 Å². The summed E-state index contributed by atoms with van der Waals surface area (Å²) in [5.74, 6) is 0.657. The number of benzene rings is 2. The van der Waals surface area contributed by atoms with E-state index in [4.69, 9.17) is 4.98 Å². The van der Waals surface area contributed by atoms with Gasteiger partial charge in [0.15, 0.2) is 0 Å². The summed E-state index contributed by atoms with van der Waals surface area (Å²) in [6.45, 7) is 6.91. The largest absolute Gasteiger partial charge is 0.369 e. The molecule has 1 unspecified atom stereocenters. The van der Waals surface area contributed by atoms with E-state index in [9.17, 15) is 4.79 Å². The lowest BCUT2D eigenvalue weighted by molar-refractivity contribution is 0.313. The smallest absolute Gasteiger partial charge is 0.252 e. The van der Waals surface area contributed by atoms with Gasteiger partial charge in [0, 0.05) is 61.7 Å². The summed E-state index contributed by atoms with van der Waals surface area (Å²) in [6.07, 6.45) is 1.77. The predicted molar refractivity (Wildman–Crippen MR) is 138 cm³/mol. The van der Waals surface area contributed by atoms with Gasteiger partial charge in [-0.3, -0.25) is 9.36 Å². The third-order valence-electron chi connectivity index (χ3n) is 6.54. The number of fused-ring (bicyclic) bond motifs is 1. The molecule has 2 aromatic heterocycles. The number of nitrogens with one attached hydrogen (secondary N) is 1. The fourth-order valence-corrected chi connectivity index (χ4v) is 4.42. The average Bonchev–Trinajstić information content (AvgIpc) is 2.87. The number of likely N-dealkylation sites (N-methyl/N-ethyl adjacent to an activating group) is 1. The van der Waals surface area contributed by atoms with Gasteiger partial charge < -0.3 is 15.1 Å². The number of piperazine rings is 1. The molecule has 3 heterocycles. The molecule has 0 bridgehead atoms. The summed E-state index contributed by atoms with van der Waals surface area (Å²) in [5.41, 5.74) is 3.92. The fourth-order valence-electron chi connectivity index (χ4n) is 4.42. The maximum Gasteiger partial charge on any atom is 0.252 e. The second kappa shape index (κ2) is 9.65. The summed E-state index contributed by atoms with van der Waals surface area (Å²) in [5, 5.41) is 4.14. The number of aromatic nitrogens is 3. The maximum absolute atomic E-state index is 12.8. The molecule has 5 rings (SSSR count). The van der Waals surface area contributed by atoms with E-state index < -0.39 is 0 Å². The molecule has 1 N–H and O–H groups in total. The molecule has 1 aliphatic rings. The molecule has 0 amide bonds. The molecular formula is C27H30N6O. The standard InChI is InChI=1S/C27H30N6O/c1-20(21-6-4-3-5-7-21)19-33-25(34)13-8-22-18-28-27(30-26(22)33)29-23-9-11-24(12-10-23)32-16-14-31(2)15-17-32/h3-13,18,20H,14-17,19H2,1-2H3,(H,28,29,30). The van der Waals surface area contributed by atoms with E-state index in [0.29, 0.717) is 18.1 Å². The van der Waals surface area contributed by atoms with Crippen LogP contribution in [0, 0.1) is 0 Å². The van der Waals surface area contributed by atoms with E-state index >= 15 is 0 Å². The Hall–Kier alpha value is -3.71. The molecule has 4 aromatic rings. The quantitative estimate of drug-likeness (QED) is 0.473. The third-order valence-corrected chi connectivity index (χ3v) is 6.54. The van der Waals surface area contributed by atoms with Crippen LogP contribution in [0.4, 0.5) is 17.3 Å². The Labute approximate surface area is 199 Å². The first kappa shape index (κ1) is 22.1. The summed E-state index contributed by atoms with van der Waals surface area (Å²) in [7, 11) is 2.16. The van der Waals surface area contributed by atoms with Gasteiger partial charge in [0.1, 0.15) is 5.65 Å². The van der Waals surface area contributed by atoms with E-state index in [2.05, 4.69) is 70.5 Å². The molecule has 0 saturated carbocycles. The Balaban J connectivity index is 1.37. The molecule has 174 valence electrons. The molecule has 1 atom stereocenters. The van der Waals surface area contributed by atoms with E-state index in [1.54, 1.807) is 22.9 Å². The van der Waals surface area contributed by atoms with Crippen molar-refractivity contribution in [2.75, 3.05) is 43.4 Å². The molecule has 1 aliphatic heterocycles. The van der Waals surface area contributed by atoms with Crippen molar-refractivity contribution in [2.45, 2.75) is 19.4 Å². The first-order valence-corrected chi connectivity index (χ1v) is 11.8. The van der Waals surface area contributed by atoms with Crippen LogP contribution in [0.15, 0.2) is 77.7 Å². The van der Waals surface area contributed by atoms with Gasteiger partial charge in [-0.05, 0) is 48.9 Å². The minimum atomic E-state index is -0.0588. The molecule has 34 heavy (non-hydrogen) atoms. The van der Waals surface area contributed by atoms with Gasteiger partial charge in [-0.25, -0.2) is 4.98 Å². The lowest BCUT2D eigenvalue weighted by atomic mass is 10.0. The van der Waals surface area contributed by atoms with Gasteiger partial charge >= 0.3 is 0 Å². The summed E-state index contributed by atoms with van der Waals surface area (Å²) >= 11 is 0. The zero-order valence-electron chi connectivity index (χ0n) is 19.7. The molecule has 0 spiro atoms.